The summed E-state index contributed by atoms with van der Waals surface area (Å²) in [5.41, 5.74) is 3.18. The lowest BCUT2D eigenvalue weighted by Crippen LogP contribution is -2.18. The zero-order valence-corrected chi connectivity index (χ0v) is 15.1. The van der Waals surface area contributed by atoms with E-state index in [0.717, 1.165) is 29.1 Å². The molecule has 0 fully saturated rings. The zero-order valence-electron chi connectivity index (χ0n) is 14.3. The van der Waals surface area contributed by atoms with Gasteiger partial charge in [0.2, 0.25) is 0 Å². The Balaban J connectivity index is 3.15. The maximum absolute atomic E-state index is 10.7. The van der Waals surface area contributed by atoms with Gasteiger partial charge in [-0.05, 0) is 39.7 Å². The van der Waals surface area contributed by atoms with Crippen LogP contribution >= 0.6 is 11.8 Å². The highest BCUT2D eigenvalue weighted by molar-refractivity contribution is 7.99. The zero-order chi connectivity index (χ0) is 16.3. The molecule has 0 bridgehead atoms. The van der Waals surface area contributed by atoms with Crippen LogP contribution in [0.15, 0.2) is 12.1 Å². The number of rotatable bonds is 5. The van der Waals surface area contributed by atoms with E-state index in [1.807, 2.05) is 0 Å². The first-order valence-corrected chi connectivity index (χ1v) is 8.78. The number of aliphatic hydroxyl groups is 1. The Morgan fingerprint density at radius 1 is 0.905 bits per heavy atom. The Morgan fingerprint density at radius 3 is 1.76 bits per heavy atom. The van der Waals surface area contributed by atoms with Crippen molar-refractivity contribution in [2.45, 2.75) is 58.8 Å². The molecule has 0 unspecified atom stereocenters. The third-order valence-corrected chi connectivity index (χ3v) is 4.52. The van der Waals surface area contributed by atoms with Crippen molar-refractivity contribution in [1.82, 2.24) is 0 Å². The van der Waals surface area contributed by atoms with Gasteiger partial charge in [0.1, 0.15) is 5.75 Å². The summed E-state index contributed by atoms with van der Waals surface area (Å²) >= 11 is 1.77. The van der Waals surface area contributed by atoms with E-state index < -0.39 is 0 Å². The number of thioether (sulfide) groups is 1. The van der Waals surface area contributed by atoms with Gasteiger partial charge >= 0.3 is 0 Å². The summed E-state index contributed by atoms with van der Waals surface area (Å²) in [7, 11) is 0. The monoisotopic (exact) mass is 310 g/mol. The molecule has 3 heteroatoms. The van der Waals surface area contributed by atoms with Crippen molar-refractivity contribution in [3.05, 3.63) is 28.8 Å². The number of aryl methyl sites for hydroxylation is 1. The molecule has 2 N–H and O–H groups in total. The number of phenols is 1. The van der Waals surface area contributed by atoms with Crippen LogP contribution in [0.25, 0.3) is 0 Å². The maximum atomic E-state index is 10.7. The van der Waals surface area contributed by atoms with Crippen molar-refractivity contribution in [1.29, 1.82) is 0 Å². The van der Waals surface area contributed by atoms with E-state index >= 15 is 0 Å². The fourth-order valence-corrected chi connectivity index (χ4v) is 3.05. The van der Waals surface area contributed by atoms with Crippen LogP contribution in [0.4, 0.5) is 0 Å². The minimum absolute atomic E-state index is 0.0711. The van der Waals surface area contributed by atoms with Crippen molar-refractivity contribution in [3.63, 3.8) is 0 Å². The number of benzene rings is 1. The van der Waals surface area contributed by atoms with E-state index in [1.54, 1.807) is 11.8 Å². The summed E-state index contributed by atoms with van der Waals surface area (Å²) < 4.78 is 0. The van der Waals surface area contributed by atoms with E-state index in [-0.39, 0.29) is 17.4 Å². The third kappa shape index (κ3) is 5.23. The lowest BCUT2D eigenvalue weighted by Gasteiger charge is -2.28. The first-order chi connectivity index (χ1) is 9.57. The molecule has 0 spiro atoms. The molecule has 0 aliphatic rings. The van der Waals surface area contributed by atoms with Gasteiger partial charge in [0.25, 0.3) is 0 Å². The van der Waals surface area contributed by atoms with Gasteiger partial charge < -0.3 is 10.2 Å². The molecule has 0 saturated heterocycles. The molecule has 1 aromatic rings. The molecule has 0 amide bonds. The summed E-state index contributed by atoms with van der Waals surface area (Å²) in [6, 6.07) is 4.29. The third-order valence-electron chi connectivity index (χ3n) is 3.56. The molecule has 1 rings (SSSR count). The van der Waals surface area contributed by atoms with Crippen LogP contribution < -0.4 is 0 Å². The molecule has 0 saturated carbocycles. The van der Waals surface area contributed by atoms with Gasteiger partial charge in [-0.3, -0.25) is 0 Å². The Labute approximate surface area is 134 Å². The number of aliphatic hydroxyl groups excluding tert-OH is 1. The number of aromatic hydroxyl groups is 1. The quantitative estimate of drug-likeness (QED) is 0.799. The largest absolute Gasteiger partial charge is 0.507 e. The highest BCUT2D eigenvalue weighted by Crippen LogP contribution is 2.39. The second-order valence-corrected chi connectivity index (χ2v) is 8.85. The average molecular weight is 311 g/mol. The summed E-state index contributed by atoms with van der Waals surface area (Å²) in [5.74, 6) is 2.23. The summed E-state index contributed by atoms with van der Waals surface area (Å²) in [6.45, 7) is 13.1. The molecule has 0 heterocycles. The molecule has 0 aliphatic heterocycles. The number of hydrogen-bond donors (Lipinski definition) is 2. The fraction of sp³-hybridized carbons (Fsp3) is 0.667. The normalized spacial score (nSPS) is 12.7. The molecule has 0 aromatic heterocycles. The van der Waals surface area contributed by atoms with Gasteiger partial charge in [0.05, 0.1) is 6.61 Å². The SMILES string of the molecule is CC(C)(C)c1cc(CCSCCO)cc(C(C)(C)C)c1O. The minimum Gasteiger partial charge on any atom is -0.507 e. The van der Waals surface area contributed by atoms with E-state index in [2.05, 4.69) is 53.7 Å². The fourth-order valence-electron chi connectivity index (χ4n) is 2.34. The Kier molecular flexibility index (Phi) is 6.18. The maximum Gasteiger partial charge on any atom is 0.123 e. The molecule has 1 aromatic carbocycles. The molecular weight excluding hydrogens is 280 g/mol. The van der Waals surface area contributed by atoms with Crippen LogP contribution in [0.1, 0.15) is 58.2 Å². The first kappa shape index (κ1) is 18.4. The molecule has 120 valence electrons. The van der Waals surface area contributed by atoms with Gasteiger partial charge in [-0.25, -0.2) is 0 Å². The Hall–Kier alpha value is -0.670. The first-order valence-electron chi connectivity index (χ1n) is 7.63. The lowest BCUT2D eigenvalue weighted by atomic mass is 9.78. The van der Waals surface area contributed by atoms with E-state index in [0.29, 0.717) is 5.75 Å². The van der Waals surface area contributed by atoms with Crippen molar-refractivity contribution in [2.75, 3.05) is 18.1 Å². The van der Waals surface area contributed by atoms with Crippen LogP contribution in [0.2, 0.25) is 0 Å². The molecule has 21 heavy (non-hydrogen) atoms. The average Bonchev–Trinajstić information content (AvgIpc) is 2.33. The standard InChI is InChI=1S/C18H30O2S/c1-17(2,3)14-11-13(7-9-21-10-8-19)12-15(16(14)20)18(4,5)6/h11-12,19-20H,7-10H2,1-6H3. The van der Waals surface area contributed by atoms with Gasteiger partial charge in [-0.15, -0.1) is 0 Å². The van der Waals surface area contributed by atoms with Gasteiger partial charge in [0.15, 0.2) is 0 Å². The molecule has 0 radical (unpaired) electrons. The van der Waals surface area contributed by atoms with Crippen molar-refractivity contribution in [2.24, 2.45) is 0 Å². The van der Waals surface area contributed by atoms with Crippen LogP contribution in [-0.4, -0.2) is 28.3 Å². The van der Waals surface area contributed by atoms with Gasteiger partial charge in [-0.1, -0.05) is 53.7 Å². The number of phenolic OH excluding ortho intramolecular Hbond substituents is 1. The Morgan fingerprint density at radius 2 is 1.38 bits per heavy atom. The van der Waals surface area contributed by atoms with Crippen LogP contribution in [0.5, 0.6) is 5.75 Å². The van der Waals surface area contributed by atoms with Crippen molar-refractivity contribution < 1.29 is 10.2 Å². The Bertz CT molecular complexity index is 432. The van der Waals surface area contributed by atoms with Crippen LogP contribution in [0, 0.1) is 0 Å². The second kappa shape index (κ2) is 7.06. The van der Waals surface area contributed by atoms with E-state index in [9.17, 15) is 5.11 Å². The molecular formula is C18H30O2S. The smallest absolute Gasteiger partial charge is 0.123 e. The summed E-state index contributed by atoms with van der Waals surface area (Å²) in [4.78, 5) is 0. The second-order valence-electron chi connectivity index (χ2n) is 7.63. The molecule has 2 nitrogen and oxygen atoms in total. The van der Waals surface area contributed by atoms with Crippen LogP contribution in [0.3, 0.4) is 0 Å². The minimum atomic E-state index is -0.0711. The lowest BCUT2D eigenvalue weighted by molar-refractivity contribution is 0.322. The summed E-state index contributed by atoms with van der Waals surface area (Å²) in [5, 5.41) is 19.5. The summed E-state index contributed by atoms with van der Waals surface area (Å²) in [6.07, 6.45) is 0.969. The van der Waals surface area contributed by atoms with Gasteiger partial charge in [0, 0.05) is 5.75 Å². The van der Waals surface area contributed by atoms with Crippen LogP contribution in [-0.2, 0) is 17.3 Å². The molecule has 0 aliphatic carbocycles. The predicted molar refractivity (Wildman–Crippen MR) is 93.6 cm³/mol. The van der Waals surface area contributed by atoms with Gasteiger partial charge in [-0.2, -0.15) is 11.8 Å². The van der Waals surface area contributed by atoms with Crippen molar-refractivity contribution in [3.8, 4) is 5.75 Å². The van der Waals surface area contributed by atoms with E-state index in [1.165, 1.54) is 5.56 Å². The van der Waals surface area contributed by atoms with E-state index in [4.69, 9.17) is 5.11 Å². The predicted octanol–water partition coefficient (Wildman–Crippen LogP) is 4.26. The highest BCUT2D eigenvalue weighted by atomic mass is 32.2. The topological polar surface area (TPSA) is 40.5 Å². The number of hydrogen-bond acceptors (Lipinski definition) is 3. The highest BCUT2D eigenvalue weighted by Gasteiger charge is 2.26. The van der Waals surface area contributed by atoms with Crippen molar-refractivity contribution >= 4 is 11.8 Å². The molecule has 0 atom stereocenters.